The van der Waals surface area contributed by atoms with Crippen LogP contribution in [0.2, 0.25) is 5.02 Å². The minimum Gasteiger partial charge on any atom is -0.497 e. The summed E-state index contributed by atoms with van der Waals surface area (Å²) < 4.78 is 4.91. The number of benzene rings is 2. The smallest absolute Gasteiger partial charge is 0.227 e. The van der Waals surface area contributed by atoms with E-state index in [0.717, 1.165) is 11.4 Å². The molecule has 1 aliphatic carbocycles. The number of halogens is 1. The second-order valence-corrected chi connectivity index (χ2v) is 7.14. The molecule has 2 aromatic carbocycles. The Morgan fingerprint density at radius 2 is 1.65 bits per heavy atom. The average molecular weight is 374 g/mol. The highest BCUT2D eigenvalue weighted by atomic mass is 35.5. The van der Waals surface area contributed by atoms with Gasteiger partial charge in [0.2, 0.25) is 5.91 Å². The molecule has 1 unspecified atom stereocenters. The van der Waals surface area contributed by atoms with Crippen molar-refractivity contribution in [1.82, 2.24) is 0 Å². The molecule has 1 fully saturated rings. The van der Waals surface area contributed by atoms with Crippen LogP contribution in [0, 0.1) is 11.8 Å². The molecule has 0 heterocycles. The Hall–Kier alpha value is -2.00. The minimum absolute atomic E-state index is 0.0981. The highest BCUT2D eigenvalue weighted by Crippen LogP contribution is 2.30. The van der Waals surface area contributed by atoms with Crippen molar-refractivity contribution in [2.45, 2.75) is 39.0 Å². The predicted octanol–water partition coefficient (Wildman–Crippen LogP) is 6.19. The molecule has 0 aromatic heterocycles. The molecular weight excluding hydrogens is 346 g/mol. The van der Waals surface area contributed by atoms with E-state index in [4.69, 9.17) is 16.3 Å². The zero-order valence-electron chi connectivity index (χ0n) is 15.6. The Balaban J connectivity index is 0.000000254. The Morgan fingerprint density at radius 1 is 1.04 bits per heavy atom. The van der Waals surface area contributed by atoms with Crippen LogP contribution < -0.4 is 10.1 Å². The normalized spacial score (nSPS) is 15.3. The second kappa shape index (κ2) is 10.9. The number of anilines is 1. The standard InChI is InChI=1S/C15H20ClNO.C7H8O/c1-11(12-5-3-2-4-6-12)15(18)17-14-9-7-13(16)8-10-14;1-8-7-5-3-2-4-6-7/h7-12H,2-6H2,1H3,(H,17,18);2-6H,1H3. The fraction of sp³-hybridized carbons (Fsp3) is 0.409. The molecule has 1 saturated carbocycles. The van der Waals surface area contributed by atoms with E-state index in [0.29, 0.717) is 10.9 Å². The number of carbonyl (C=O) groups is 1. The first-order chi connectivity index (χ1) is 12.6. The molecule has 3 nitrogen and oxygen atoms in total. The average Bonchev–Trinajstić information content (AvgIpc) is 2.71. The van der Waals surface area contributed by atoms with E-state index < -0.39 is 0 Å². The van der Waals surface area contributed by atoms with E-state index in [2.05, 4.69) is 5.32 Å². The van der Waals surface area contributed by atoms with Gasteiger partial charge in [0.1, 0.15) is 5.75 Å². The maximum atomic E-state index is 12.2. The third-order valence-electron chi connectivity index (χ3n) is 4.86. The van der Waals surface area contributed by atoms with Gasteiger partial charge in [-0.2, -0.15) is 0 Å². The molecule has 4 heteroatoms. The third-order valence-corrected chi connectivity index (χ3v) is 5.11. The van der Waals surface area contributed by atoms with E-state index in [1.54, 1.807) is 19.2 Å². The second-order valence-electron chi connectivity index (χ2n) is 6.70. The first kappa shape index (κ1) is 20.3. The summed E-state index contributed by atoms with van der Waals surface area (Å²) in [6, 6.07) is 17.0. The van der Waals surface area contributed by atoms with Crippen molar-refractivity contribution in [3.05, 3.63) is 59.6 Å². The summed E-state index contributed by atoms with van der Waals surface area (Å²) in [7, 11) is 1.66. The Bertz CT molecular complexity index is 652. The molecule has 1 atom stereocenters. The van der Waals surface area contributed by atoms with Gasteiger partial charge in [-0.3, -0.25) is 4.79 Å². The zero-order valence-corrected chi connectivity index (χ0v) is 16.3. The first-order valence-corrected chi connectivity index (χ1v) is 9.63. The van der Waals surface area contributed by atoms with Crippen LogP contribution in [0.5, 0.6) is 5.75 Å². The quantitative estimate of drug-likeness (QED) is 0.693. The van der Waals surface area contributed by atoms with E-state index in [1.807, 2.05) is 49.4 Å². The summed E-state index contributed by atoms with van der Waals surface area (Å²) >= 11 is 5.82. The summed E-state index contributed by atoms with van der Waals surface area (Å²) in [5, 5.41) is 3.66. The van der Waals surface area contributed by atoms with Gasteiger partial charge in [-0.15, -0.1) is 0 Å². The van der Waals surface area contributed by atoms with Gasteiger partial charge in [0.05, 0.1) is 7.11 Å². The molecule has 26 heavy (non-hydrogen) atoms. The Kier molecular flexibility index (Phi) is 8.49. The highest BCUT2D eigenvalue weighted by molar-refractivity contribution is 6.30. The lowest BCUT2D eigenvalue weighted by Gasteiger charge is -2.26. The van der Waals surface area contributed by atoms with Gasteiger partial charge in [-0.05, 0) is 55.2 Å². The molecule has 2 aromatic rings. The first-order valence-electron chi connectivity index (χ1n) is 9.25. The number of hydrogen-bond acceptors (Lipinski definition) is 2. The van der Waals surface area contributed by atoms with Crippen molar-refractivity contribution in [2.75, 3.05) is 12.4 Å². The lowest BCUT2D eigenvalue weighted by molar-refractivity contribution is -0.121. The number of amides is 1. The van der Waals surface area contributed by atoms with Gasteiger partial charge in [0.15, 0.2) is 0 Å². The highest BCUT2D eigenvalue weighted by Gasteiger charge is 2.25. The summed E-state index contributed by atoms with van der Waals surface area (Å²) in [4.78, 5) is 12.2. The summed E-state index contributed by atoms with van der Waals surface area (Å²) in [6.45, 7) is 2.04. The van der Waals surface area contributed by atoms with Crippen LogP contribution in [0.3, 0.4) is 0 Å². The maximum absolute atomic E-state index is 12.2. The molecule has 0 saturated heterocycles. The molecule has 1 N–H and O–H groups in total. The van der Waals surface area contributed by atoms with Gasteiger partial charge >= 0.3 is 0 Å². The fourth-order valence-electron chi connectivity index (χ4n) is 3.19. The van der Waals surface area contributed by atoms with Crippen molar-refractivity contribution < 1.29 is 9.53 Å². The van der Waals surface area contributed by atoms with E-state index in [1.165, 1.54) is 32.1 Å². The van der Waals surface area contributed by atoms with Crippen LogP contribution in [0.15, 0.2) is 54.6 Å². The molecule has 1 aliphatic rings. The number of rotatable bonds is 4. The predicted molar refractivity (Wildman–Crippen MR) is 109 cm³/mol. The molecule has 0 spiro atoms. The number of methoxy groups -OCH3 is 1. The van der Waals surface area contributed by atoms with Crippen LogP contribution >= 0.6 is 11.6 Å². The summed E-state index contributed by atoms with van der Waals surface area (Å²) in [5.41, 5.74) is 0.826. The summed E-state index contributed by atoms with van der Waals surface area (Å²) in [5.74, 6) is 1.68. The van der Waals surface area contributed by atoms with Gasteiger partial charge in [0.25, 0.3) is 0 Å². The molecular formula is C22H28ClNO2. The van der Waals surface area contributed by atoms with Crippen LogP contribution in [0.25, 0.3) is 0 Å². The minimum atomic E-state index is 0.0981. The molecule has 140 valence electrons. The molecule has 0 bridgehead atoms. The number of nitrogens with one attached hydrogen (secondary N) is 1. The van der Waals surface area contributed by atoms with Crippen molar-refractivity contribution in [2.24, 2.45) is 11.8 Å². The Labute approximate surface area is 161 Å². The van der Waals surface area contributed by atoms with Gasteiger partial charge < -0.3 is 10.1 Å². The van der Waals surface area contributed by atoms with Crippen LogP contribution in [0.1, 0.15) is 39.0 Å². The van der Waals surface area contributed by atoms with Crippen molar-refractivity contribution in [1.29, 1.82) is 0 Å². The van der Waals surface area contributed by atoms with Crippen molar-refractivity contribution in [3.8, 4) is 5.75 Å². The lowest BCUT2D eigenvalue weighted by atomic mass is 9.80. The summed E-state index contributed by atoms with van der Waals surface area (Å²) in [6.07, 6.45) is 6.24. The molecule has 1 amide bonds. The largest absolute Gasteiger partial charge is 0.497 e. The van der Waals surface area contributed by atoms with E-state index in [9.17, 15) is 4.79 Å². The van der Waals surface area contributed by atoms with Crippen molar-refractivity contribution in [3.63, 3.8) is 0 Å². The lowest BCUT2D eigenvalue weighted by Crippen LogP contribution is -2.28. The van der Waals surface area contributed by atoms with Crippen LogP contribution in [0.4, 0.5) is 5.69 Å². The molecule has 0 radical (unpaired) electrons. The molecule has 0 aliphatic heterocycles. The van der Waals surface area contributed by atoms with Gasteiger partial charge in [-0.1, -0.05) is 56.0 Å². The van der Waals surface area contributed by atoms with Crippen LogP contribution in [-0.2, 0) is 4.79 Å². The zero-order chi connectivity index (χ0) is 18.8. The van der Waals surface area contributed by atoms with E-state index in [-0.39, 0.29) is 11.8 Å². The third kappa shape index (κ3) is 6.72. The van der Waals surface area contributed by atoms with Crippen molar-refractivity contribution >= 4 is 23.2 Å². The number of para-hydroxylation sites is 1. The van der Waals surface area contributed by atoms with Crippen LogP contribution in [-0.4, -0.2) is 13.0 Å². The molecule has 3 rings (SSSR count). The SMILES string of the molecule is CC(C(=O)Nc1ccc(Cl)cc1)C1CCCCC1.COc1ccccc1. The van der Waals surface area contributed by atoms with Gasteiger partial charge in [0, 0.05) is 16.6 Å². The number of carbonyl (C=O) groups excluding carboxylic acids is 1. The van der Waals surface area contributed by atoms with Gasteiger partial charge in [-0.25, -0.2) is 0 Å². The fourth-order valence-corrected chi connectivity index (χ4v) is 3.32. The monoisotopic (exact) mass is 373 g/mol. The maximum Gasteiger partial charge on any atom is 0.227 e. The number of ether oxygens (including phenoxy) is 1. The topological polar surface area (TPSA) is 38.3 Å². The number of hydrogen-bond donors (Lipinski definition) is 1. The Morgan fingerprint density at radius 3 is 2.19 bits per heavy atom. The van der Waals surface area contributed by atoms with E-state index >= 15 is 0 Å².